The Bertz CT molecular complexity index is 319. The van der Waals surface area contributed by atoms with Crippen molar-refractivity contribution in [3.8, 4) is 0 Å². The lowest BCUT2D eigenvalue weighted by Gasteiger charge is -2.28. The first-order valence-corrected chi connectivity index (χ1v) is 6.06. The predicted octanol–water partition coefficient (Wildman–Crippen LogP) is 1.54. The Kier molecular flexibility index (Phi) is 4.01. The smallest absolute Gasteiger partial charge is 0.329 e. The van der Waals surface area contributed by atoms with Crippen molar-refractivity contribution in [1.82, 2.24) is 10.2 Å². The number of carboxylic acids is 1. The van der Waals surface area contributed by atoms with Crippen molar-refractivity contribution in [3.05, 3.63) is 0 Å². The number of aliphatic carboxylic acids is 1. The normalized spacial score (nSPS) is 25.9. The summed E-state index contributed by atoms with van der Waals surface area (Å²) < 4.78 is 0. The highest BCUT2D eigenvalue weighted by atomic mass is 16.4. The number of nitrogens with zero attached hydrogens (tertiary/aromatic N) is 1. The largest absolute Gasteiger partial charge is 0.480 e. The van der Waals surface area contributed by atoms with E-state index in [4.69, 9.17) is 5.11 Å². The van der Waals surface area contributed by atoms with Crippen molar-refractivity contribution in [2.45, 2.75) is 39.2 Å². The number of nitrogens with one attached hydrogen (secondary N) is 1. The molecule has 0 saturated heterocycles. The maximum atomic E-state index is 11.8. The molecule has 2 N–H and O–H groups in total. The van der Waals surface area contributed by atoms with E-state index in [2.05, 4.69) is 12.2 Å². The van der Waals surface area contributed by atoms with Gasteiger partial charge in [0.25, 0.3) is 0 Å². The van der Waals surface area contributed by atoms with Gasteiger partial charge in [0.2, 0.25) is 0 Å². The lowest BCUT2D eigenvalue weighted by Crippen LogP contribution is -2.55. The van der Waals surface area contributed by atoms with Crippen LogP contribution in [0.2, 0.25) is 0 Å². The Labute approximate surface area is 102 Å². The van der Waals surface area contributed by atoms with Crippen LogP contribution in [-0.4, -0.2) is 41.1 Å². The van der Waals surface area contributed by atoms with Crippen LogP contribution in [0.25, 0.3) is 0 Å². The van der Waals surface area contributed by atoms with E-state index in [-0.39, 0.29) is 6.03 Å². The predicted molar refractivity (Wildman–Crippen MR) is 64.8 cm³/mol. The first-order chi connectivity index (χ1) is 7.80. The minimum Gasteiger partial charge on any atom is -0.480 e. The summed E-state index contributed by atoms with van der Waals surface area (Å²) in [5.74, 6) is 0.257. The Morgan fingerprint density at radius 3 is 2.41 bits per heavy atom. The fraction of sp³-hybridized carbons (Fsp3) is 0.833. The molecule has 5 heteroatoms. The third-order valence-corrected chi connectivity index (χ3v) is 3.69. The van der Waals surface area contributed by atoms with Gasteiger partial charge in [0, 0.05) is 13.6 Å². The molecule has 0 aromatic heterocycles. The number of carbonyl (C=O) groups excluding carboxylic acids is 1. The van der Waals surface area contributed by atoms with Gasteiger partial charge in [-0.05, 0) is 31.6 Å². The van der Waals surface area contributed by atoms with Crippen LogP contribution in [0.5, 0.6) is 0 Å². The number of rotatable bonds is 5. The molecule has 1 rings (SSSR count). The van der Waals surface area contributed by atoms with Crippen molar-refractivity contribution in [3.63, 3.8) is 0 Å². The molecule has 3 atom stereocenters. The number of urea groups is 1. The second kappa shape index (κ2) is 4.94. The van der Waals surface area contributed by atoms with Crippen molar-refractivity contribution in [1.29, 1.82) is 0 Å². The van der Waals surface area contributed by atoms with Gasteiger partial charge in [0.1, 0.15) is 5.54 Å². The lowest BCUT2D eigenvalue weighted by atomic mass is 10.00. The van der Waals surface area contributed by atoms with Crippen molar-refractivity contribution in [2.24, 2.45) is 11.8 Å². The number of amides is 2. The van der Waals surface area contributed by atoms with E-state index in [1.54, 1.807) is 18.9 Å². The van der Waals surface area contributed by atoms with Gasteiger partial charge >= 0.3 is 12.0 Å². The molecule has 1 saturated carbocycles. The number of hydrogen-bond donors (Lipinski definition) is 2. The Balaban J connectivity index is 2.49. The zero-order valence-corrected chi connectivity index (χ0v) is 11.0. The maximum Gasteiger partial charge on any atom is 0.329 e. The summed E-state index contributed by atoms with van der Waals surface area (Å²) in [5, 5.41) is 11.6. The summed E-state index contributed by atoms with van der Waals surface area (Å²) >= 11 is 0. The molecule has 0 spiro atoms. The molecule has 1 fully saturated rings. The zero-order valence-electron chi connectivity index (χ0n) is 11.0. The average Bonchev–Trinajstić information content (AvgIpc) is 2.93. The molecule has 1 aliphatic rings. The standard InChI is InChI=1S/C12H22N2O3/c1-5-12(3,10(15)16)13-11(17)14(4)7-9-6-8(9)2/h8-9H,5-7H2,1-4H3,(H,13,17)(H,15,16). The molecule has 1 aliphatic carbocycles. The van der Waals surface area contributed by atoms with E-state index < -0.39 is 11.5 Å². The highest BCUT2D eigenvalue weighted by Crippen LogP contribution is 2.37. The second-order valence-electron chi connectivity index (χ2n) is 5.27. The summed E-state index contributed by atoms with van der Waals surface area (Å²) in [6, 6.07) is -0.309. The molecule has 0 radical (unpaired) electrons. The molecule has 98 valence electrons. The van der Waals surface area contributed by atoms with E-state index in [1.807, 2.05) is 0 Å². The molecule has 5 nitrogen and oxygen atoms in total. The SMILES string of the molecule is CCC(C)(NC(=O)N(C)CC1CC1C)C(=O)O. The molecule has 0 aromatic rings. The lowest BCUT2D eigenvalue weighted by molar-refractivity contribution is -0.143. The highest BCUT2D eigenvalue weighted by Gasteiger charge is 2.37. The van der Waals surface area contributed by atoms with Crippen LogP contribution in [-0.2, 0) is 4.79 Å². The fourth-order valence-electron chi connectivity index (χ4n) is 1.71. The molecule has 2 amide bonds. The van der Waals surface area contributed by atoms with Gasteiger partial charge in [-0.15, -0.1) is 0 Å². The van der Waals surface area contributed by atoms with E-state index in [0.29, 0.717) is 24.8 Å². The van der Waals surface area contributed by atoms with Crippen LogP contribution in [0.3, 0.4) is 0 Å². The van der Waals surface area contributed by atoms with Gasteiger partial charge in [-0.2, -0.15) is 0 Å². The molecule has 0 aliphatic heterocycles. The summed E-state index contributed by atoms with van der Waals surface area (Å²) in [4.78, 5) is 24.5. The first kappa shape index (κ1) is 13.8. The van der Waals surface area contributed by atoms with Gasteiger partial charge < -0.3 is 15.3 Å². The molecule has 17 heavy (non-hydrogen) atoms. The van der Waals surface area contributed by atoms with Crippen molar-refractivity contribution >= 4 is 12.0 Å². The Morgan fingerprint density at radius 1 is 1.53 bits per heavy atom. The monoisotopic (exact) mass is 242 g/mol. The maximum absolute atomic E-state index is 11.8. The van der Waals surface area contributed by atoms with E-state index in [0.717, 1.165) is 6.42 Å². The van der Waals surface area contributed by atoms with E-state index in [9.17, 15) is 9.59 Å². The zero-order chi connectivity index (χ0) is 13.2. The van der Waals surface area contributed by atoms with Crippen LogP contribution < -0.4 is 5.32 Å². The van der Waals surface area contributed by atoms with E-state index >= 15 is 0 Å². The van der Waals surface area contributed by atoms with Crippen molar-refractivity contribution < 1.29 is 14.7 Å². The average molecular weight is 242 g/mol. The summed E-state index contributed by atoms with van der Waals surface area (Å²) in [6.45, 7) is 6.13. The van der Waals surface area contributed by atoms with Crippen LogP contribution in [0.4, 0.5) is 4.79 Å². The van der Waals surface area contributed by atoms with Crippen LogP contribution in [0, 0.1) is 11.8 Å². The Morgan fingerprint density at radius 2 is 2.06 bits per heavy atom. The van der Waals surface area contributed by atoms with E-state index in [1.165, 1.54) is 6.92 Å². The van der Waals surface area contributed by atoms with Gasteiger partial charge in [0.15, 0.2) is 0 Å². The highest BCUT2D eigenvalue weighted by molar-refractivity contribution is 5.85. The molecule has 0 aromatic carbocycles. The molecular weight excluding hydrogens is 220 g/mol. The van der Waals surface area contributed by atoms with Gasteiger partial charge in [-0.1, -0.05) is 13.8 Å². The number of carbonyl (C=O) groups is 2. The quantitative estimate of drug-likeness (QED) is 0.768. The molecule has 0 bridgehead atoms. The summed E-state index contributed by atoms with van der Waals surface area (Å²) in [6.07, 6.45) is 1.52. The van der Waals surface area contributed by atoms with Crippen LogP contribution in [0.15, 0.2) is 0 Å². The fourth-order valence-corrected chi connectivity index (χ4v) is 1.71. The van der Waals surface area contributed by atoms with Gasteiger partial charge in [-0.3, -0.25) is 0 Å². The number of hydrogen-bond acceptors (Lipinski definition) is 2. The number of carboxylic acid groups (broad SMARTS) is 1. The van der Waals surface area contributed by atoms with Crippen molar-refractivity contribution in [2.75, 3.05) is 13.6 Å². The Hall–Kier alpha value is -1.26. The first-order valence-electron chi connectivity index (χ1n) is 6.06. The van der Waals surface area contributed by atoms with Crippen LogP contribution in [0.1, 0.15) is 33.6 Å². The second-order valence-corrected chi connectivity index (χ2v) is 5.27. The van der Waals surface area contributed by atoms with Gasteiger partial charge in [-0.25, -0.2) is 9.59 Å². The molecule has 0 heterocycles. The third kappa shape index (κ3) is 3.35. The minimum absolute atomic E-state index is 0.309. The third-order valence-electron chi connectivity index (χ3n) is 3.69. The van der Waals surface area contributed by atoms with Gasteiger partial charge in [0.05, 0.1) is 0 Å². The summed E-state index contributed by atoms with van der Waals surface area (Å²) in [7, 11) is 1.71. The van der Waals surface area contributed by atoms with Crippen LogP contribution >= 0.6 is 0 Å². The topological polar surface area (TPSA) is 69.6 Å². The molecular formula is C12H22N2O3. The summed E-state index contributed by atoms with van der Waals surface area (Å²) in [5.41, 5.74) is -1.18. The molecule has 3 unspecified atom stereocenters. The minimum atomic E-state index is -1.18.